The molecule has 24 heavy (non-hydrogen) atoms. The minimum absolute atomic E-state index is 0.000982. The first-order valence-electron chi connectivity index (χ1n) is 7.98. The third-order valence-corrected chi connectivity index (χ3v) is 5.69. The third-order valence-electron chi connectivity index (χ3n) is 5.48. The quantitative estimate of drug-likeness (QED) is 0.894. The summed E-state index contributed by atoms with van der Waals surface area (Å²) in [7, 11) is 0. The number of hydrogen-bond acceptors (Lipinski definition) is 4. The number of hydrogen-bond donors (Lipinski definition) is 2. The van der Waals surface area contributed by atoms with E-state index in [9.17, 15) is 14.6 Å². The average Bonchev–Trinajstić information content (AvgIpc) is 3.11. The second-order valence-electron chi connectivity index (χ2n) is 6.65. The van der Waals surface area contributed by atoms with Gasteiger partial charge in [-0.25, -0.2) is 9.37 Å². The molecule has 0 radical (unpaired) electrons. The molecule has 1 saturated heterocycles. The van der Waals surface area contributed by atoms with E-state index in [1.165, 1.54) is 12.3 Å². The molecule has 1 spiro atoms. The molecule has 2 fully saturated rings. The van der Waals surface area contributed by atoms with Gasteiger partial charge < -0.3 is 15.1 Å². The number of aromatic nitrogens is 1. The zero-order valence-corrected chi connectivity index (χ0v) is 13.7. The summed E-state index contributed by atoms with van der Waals surface area (Å²) < 4.78 is 14.2. The number of aliphatic hydroxyl groups is 2. The van der Waals surface area contributed by atoms with Gasteiger partial charge in [0.1, 0.15) is 0 Å². The maximum Gasteiger partial charge on any atom is 0.167 e. The lowest BCUT2D eigenvalue weighted by molar-refractivity contribution is 0.113. The number of nitrogens with zero attached hydrogens (tertiary/aromatic N) is 2. The highest BCUT2D eigenvalue weighted by Gasteiger charge is 2.71. The van der Waals surface area contributed by atoms with Gasteiger partial charge in [-0.05, 0) is 23.5 Å². The van der Waals surface area contributed by atoms with Gasteiger partial charge >= 0.3 is 0 Å². The number of anilines is 1. The van der Waals surface area contributed by atoms with Crippen LogP contribution in [0.2, 0.25) is 5.02 Å². The Morgan fingerprint density at radius 3 is 2.75 bits per heavy atom. The summed E-state index contributed by atoms with van der Waals surface area (Å²) in [4.78, 5) is 5.83. The van der Waals surface area contributed by atoms with Gasteiger partial charge in [-0.1, -0.05) is 41.9 Å². The monoisotopic (exact) mass is 348 g/mol. The van der Waals surface area contributed by atoms with Crippen molar-refractivity contribution in [1.82, 2.24) is 4.98 Å². The van der Waals surface area contributed by atoms with Crippen molar-refractivity contribution in [3.05, 3.63) is 59.0 Å². The van der Waals surface area contributed by atoms with Crippen molar-refractivity contribution in [2.24, 2.45) is 11.3 Å². The van der Waals surface area contributed by atoms with Crippen LogP contribution in [0.3, 0.4) is 0 Å². The van der Waals surface area contributed by atoms with E-state index in [1.807, 2.05) is 30.3 Å². The minimum atomic E-state index is -0.642. The number of benzene rings is 1. The first kappa shape index (κ1) is 15.8. The van der Waals surface area contributed by atoms with Gasteiger partial charge in [-0.3, -0.25) is 0 Å². The van der Waals surface area contributed by atoms with Gasteiger partial charge in [0, 0.05) is 31.3 Å². The first-order chi connectivity index (χ1) is 11.6. The zero-order valence-electron chi connectivity index (χ0n) is 12.9. The first-order valence-corrected chi connectivity index (χ1v) is 8.35. The lowest BCUT2D eigenvalue weighted by atomic mass is 9.95. The Kier molecular flexibility index (Phi) is 3.75. The lowest BCUT2D eigenvalue weighted by Crippen LogP contribution is -2.23. The average molecular weight is 349 g/mol. The van der Waals surface area contributed by atoms with Gasteiger partial charge in [0.15, 0.2) is 11.6 Å². The molecule has 1 aromatic heterocycles. The Bertz CT molecular complexity index is 760. The zero-order chi connectivity index (χ0) is 16.9. The van der Waals surface area contributed by atoms with Gasteiger partial charge in [0.05, 0.1) is 11.1 Å². The molecule has 1 aliphatic heterocycles. The highest BCUT2D eigenvalue weighted by atomic mass is 35.5. The van der Waals surface area contributed by atoms with E-state index in [-0.39, 0.29) is 29.3 Å². The molecular weight excluding hydrogens is 331 g/mol. The van der Waals surface area contributed by atoms with Gasteiger partial charge in [0.25, 0.3) is 0 Å². The van der Waals surface area contributed by atoms with Crippen molar-refractivity contribution in [2.45, 2.75) is 12.0 Å². The van der Waals surface area contributed by atoms with Crippen molar-refractivity contribution >= 4 is 17.4 Å². The standard InChI is InChI=1S/C18H18ClFN2O2/c19-12-6-14(20)17(21-7-12)22-8-15(24)18(10-22)13(9-23)16(18)11-4-2-1-3-5-11/h1-7,13,15-16,23-24H,8-10H2/t13-,15-,16-,18-/m1/s1. The summed E-state index contributed by atoms with van der Waals surface area (Å²) in [6, 6.07) is 11.1. The molecule has 0 unspecified atom stereocenters. The van der Waals surface area contributed by atoms with E-state index in [1.54, 1.807) is 4.90 Å². The molecule has 1 saturated carbocycles. The summed E-state index contributed by atoms with van der Waals surface area (Å²) in [6.45, 7) is 0.761. The van der Waals surface area contributed by atoms with Crippen molar-refractivity contribution in [3.63, 3.8) is 0 Å². The molecule has 1 aliphatic carbocycles. The van der Waals surface area contributed by atoms with E-state index in [0.29, 0.717) is 13.1 Å². The maximum absolute atomic E-state index is 14.2. The summed E-state index contributed by atoms with van der Waals surface area (Å²) >= 11 is 5.77. The molecule has 0 amide bonds. The molecule has 6 heteroatoms. The predicted octanol–water partition coefficient (Wildman–Crippen LogP) is 2.45. The highest BCUT2D eigenvalue weighted by Crippen LogP contribution is 2.68. The summed E-state index contributed by atoms with van der Waals surface area (Å²) in [5, 5.41) is 20.7. The molecule has 2 heterocycles. The van der Waals surface area contributed by atoms with Crippen LogP contribution >= 0.6 is 11.6 Å². The Labute approximate surface area is 144 Å². The molecule has 1 aromatic carbocycles. The Balaban J connectivity index is 1.65. The van der Waals surface area contributed by atoms with E-state index in [4.69, 9.17) is 11.6 Å². The fraction of sp³-hybridized carbons (Fsp3) is 0.389. The molecular formula is C18H18ClFN2O2. The fourth-order valence-electron chi connectivity index (χ4n) is 4.37. The Hall–Kier alpha value is -1.69. The Morgan fingerprint density at radius 1 is 1.33 bits per heavy atom. The van der Waals surface area contributed by atoms with E-state index in [2.05, 4.69) is 4.98 Å². The number of β-amino-alcohol motifs (C(OH)–C–C–N with tert-alkyl or cyclic N) is 1. The summed E-state index contributed by atoms with van der Waals surface area (Å²) in [5.74, 6) is -0.260. The smallest absolute Gasteiger partial charge is 0.167 e. The predicted molar refractivity (Wildman–Crippen MR) is 89.6 cm³/mol. The van der Waals surface area contributed by atoms with Gasteiger partial charge in [-0.15, -0.1) is 0 Å². The van der Waals surface area contributed by atoms with Crippen LogP contribution in [0.5, 0.6) is 0 Å². The van der Waals surface area contributed by atoms with Crippen LogP contribution in [-0.4, -0.2) is 41.0 Å². The minimum Gasteiger partial charge on any atom is -0.396 e. The molecule has 4 nitrogen and oxygen atoms in total. The van der Waals surface area contributed by atoms with Crippen molar-refractivity contribution in [2.75, 3.05) is 24.6 Å². The van der Waals surface area contributed by atoms with Crippen LogP contribution in [0.15, 0.2) is 42.6 Å². The van der Waals surface area contributed by atoms with Crippen LogP contribution in [0.25, 0.3) is 0 Å². The van der Waals surface area contributed by atoms with Crippen LogP contribution in [-0.2, 0) is 0 Å². The van der Waals surface area contributed by atoms with Crippen LogP contribution < -0.4 is 4.90 Å². The second-order valence-corrected chi connectivity index (χ2v) is 7.08. The van der Waals surface area contributed by atoms with Crippen LogP contribution in [0.4, 0.5) is 10.2 Å². The van der Waals surface area contributed by atoms with Crippen LogP contribution in [0, 0.1) is 17.2 Å². The second kappa shape index (κ2) is 5.69. The maximum atomic E-state index is 14.2. The molecule has 126 valence electrons. The Morgan fingerprint density at radius 2 is 2.08 bits per heavy atom. The molecule has 4 rings (SSSR count). The topological polar surface area (TPSA) is 56.6 Å². The van der Waals surface area contributed by atoms with E-state index >= 15 is 0 Å². The van der Waals surface area contributed by atoms with Gasteiger partial charge in [0.2, 0.25) is 0 Å². The van der Waals surface area contributed by atoms with Crippen molar-refractivity contribution < 1.29 is 14.6 Å². The van der Waals surface area contributed by atoms with E-state index < -0.39 is 17.3 Å². The lowest BCUT2D eigenvalue weighted by Gasteiger charge is -2.18. The molecule has 4 atom stereocenters. The third kappa shape index (κ3) is 2.23. The number of pyridine rings is 1. The van der Waals surface area contributed by atoms with Gasteiger partial charge in [-0.2, -0.15) is 0 Å². The SMILES string of the molecule is OC[C@@H]1[C@@H](c2ccccc2)[C@]12CN(c1ncc(Cl)cc1F)C[C@H]2O. The number of halogens is 2. The fourth-order valence-corrected chi connectivity index (χ4v) is 4.51. The normalized spacial score (nSPS) is 31.7. The number of rotatable bonds is 3. The largest absolute Gasteiger partial charge is 0.396 e. The van der Waals surface area contributed by atoms with Crippen LogP contribution in [0.1, 0.15) is 11.5 Å². The van der Waals surface area contributed by atoms with E-state index in [0.717, 1.165) is 5.56 Å². The molecule has 2 aromatic rings. The van der Waals surface area contributed by atoms with Crippen molar-refractivity contribution in [3.8, 4) is 0 Å². The number of aliphatic hydroxyl groups excluding tert-OH is 2. The highest BCUT2D eigenvalue weighted by molar-refractivity contribution is 6.30. The molecule has 2 aliphatic rings. The summed E-state index contributed by atoms with van der Waals surface area (Å²) in [6.07, 6.45) is 0.763. The molecule has 0 bridgehead atoms. The summed E-state index contributed by atoms with van der Waals surface area (Å²) in [5.41, 5.74) is 0.645. The van der Waals surface area contributed by atoms with Crippen molar-refractivity contribution in [1.29, 1.82) is 0 Å². The molecule has 2 N–H and O–H groups in total.